The van der Waals surface area contributed by atoms with Crippen molar-refractivity contribution in [1.29, 1.82) is 0 Å². The fourth-order valence-corrected chi connectivity index (χ4v) is 1.80. The van der Waals surface area contributed by atoms with Gasteiger partial charge in [-0.1, -0.05) is 34.8 Å². The monoisotopic (exact) mass is 337 g/mol. The van der Waals surface area contributed by atoms with Crippen molar-refractivity contribution >= 4 is 40.8 Å². The predicted octanol–water partition coefficient (Wildman–Crippen LogP) is 3.02. The normalized spacial score (nSPS) is 11.4. The zero-order valence-electron chi connectivity index (χ0n) is 9.98. The second-order valence-corrected chi connectivity index (χ2v) is 5.92. The minimum Gasteiger partial charge on any atom is -0.463 e. The Morgan fingerprint density at radius 3 is 2.40 bits per heavy atom. The summed E-state index contributed by atoms with van der Waals surface area (Å²) in [5.41, 5.74) is 0.385. The van der Waals surface area contributed by atoms with E-state index in [0.29, 0.717) is 5.69 Å². The zero-order chi connectivity index (χ0) is 14.9. The molecule has 106 valence electrons. The number of carbonyl (C=O) groups is 1. The number of methoxy groups -OCH3 is 1. The molecular formula is C11H7Cl3FN3O2. The molecule has 0 aliphatic carbocycles. The summed E-state index contributed by atoms with van der Waals surface area (Å²) >= 11 is 17.4. The van der Waals surface area contributed by atoms with Crippen LogP contribution in [0.25, 0.3) is 5.69 Å². The van der Waals surface area contributed by atoms with E-state index in [9.17, 15) is 9.18 Å². The number of hydrogen-bond acceptors (Lipinski definition) is 4. The summed E-state index contributed by atoms with van der Waals surface area (Å²) in [5.74, 6) is -1.58. The number of nitrogens with zero attached hydrogens (tertiary/aromatic N) is 3. The Morgan fingerprint density at radius 2 is 1.90 bits per heavy atom. The van der Waals surface area contributed by atoms with Crippen LogP contribution in [0.5, 0.6) is 0 Å². The van der Waals surface area contributed by atoms with E-state index >= 15 is 0 Å². The molecule has 9 heteroatoms. The van der Waals surface area contributed by atoms with Crippen LogP contribution in [0.1, 0.15) is 16.4 Å². The summed E-state index contributed by atoms with van der Waals surface area (Å²) in [6.45, 7) is 0. The first-order valence-corrected chi connectivity index (χ1v) is 6.35. The third-order valence-corrected chi connectivity index (χ3v) is 2.81. The first-order valence-electron chi connectivity index (χ1n) is 5.21. The van der Waals surface area contributed by atoms with E-state index in [1.165, 1.54) is 31.4 Å². The van der Waals surface area contributed by atoms with Crippen LogP contribution < -0.4 is 0 Å². The lowest BCUT2D eigenvalue weighted by molar-refractivity contribution is 0.0587. The fraction of sp³-hybridized carbons (Fsp3) is 0.182. The Balaban J connectivity index is 2.58. The lowest BCUT2D eigenvalue weighted by Crippen LogP contribution is -2.11. The molecular weight excluding hydrogens is 331 g/mol. The maximum atomic E-state index is 12.9. The molecule has 2 rings (SSSR count). The van der Waals surface area contributed by atoms with Crippen LogP contribution >= 0.6 is 34.8 Å². The van der Waals surface area contributed by atoms with Crippen molar-refractivity contribution in [3.05, 3.63) is 41.7 Å². The van der Waals surface area contributed by atoms with Crippen molar-refractivity contribution in [3.8, 4) is 5.69 Å². The molecule has 0 aliphatic rings. The number of rotatable bonds is 2. The van der Waals surface area contributed by atoms with E-state index in [0.717, 1.165) is 4.68 Å². The second kappa shape index (κ2) is 5.55. The summed E-state index contributed by atoms with van der Waals surface area (Å²) in [5, 5.41) is 3.90. The number of alkyl halides is 3. The molecule has 0 bridgehead atoms. The van der Waals surface area contributed by atoms with E-state index in [4.69, 9.17) is 34.8 Å². The first kappa shape index (κ1) is 15.0. The van der Waals surface area contributed by atoms with Crippen LogP contribution in [-0.4, -0.2) is 27.8 Å². The van der Waals surface area contributed by atoms with E-state index in [1.54, 1.807) is 0 Å². The lowest BCUT2D eigenvalue weighted by atomic mass is 10.3. The zero-order valence-corrected chi connectivity index (χ0v) is 12.2. The molecule has 0 N–H and O–H groups in total. The van der Waals surface area contributed by atoms with Crippen LogP contribution in [0.4, 0.5) is 4.39 Å². The van der Waals surface area contributed by atoms with Crippen LogP contribution in [0.3, 0.4) is 0 Å². The van der Waals surface area contributed by atoms with Gasteiger partial charge in [-0.05, 0) is 24.3 Å². The quantitative estimate of drug-likeness (QED) is 0.624. The van der Waals surface area contributed by atoms with Gasteiger partial charge >= 0.3 is 5.97 Å². The molecule has 1 aromatic carbocycles. The largest absolute Gasteiger partial charge is 0.463 e. The third kappa shape index (κ3) is 3.03. The molecule has 0 unspecified atom stereocenters. The highest BCUT2D eigenvalue weighted by molar-refractivity contribution is 6.66. The standard InChI is InChI=1S/C11H7Cl3FN3O2/c1-20-9(19)8-16-10(11(12,13)14)18(17-8)7-4-2-6(15)3-5-7/h2-5H,1H3. The molecule has 0 atom stereocenters. The van der Waals surface area contributed by atoms with Gasteiger partial charge in [0.1, 0.15) is 5.82 Å². The van der Waals surface area contributed by atoms with Gasteiger partial charge in [0.15, 0.2) is 5.82 Å². The number of esters is 1. The molecule has 2 aromatic rings. The molecule has 0 spiro atoms. The minimum absolute atomic E-state index is 0.102. The van der Waals surface area contributed by atoms with Crippen LogP contribution in [0, 0.1) is 5.82 Å². The maximum absolute atomic E-state index is 12.9. The smallest absolute Gasteiger partial charge is 0.377 e. The average Bonchev–Trinajstić information content (AvgIpc) is 2.83. The van der Waals surface area contributed by atoms with Gasteiger partial charge in [0.25, 0.3) is 5.82 Å². The topological polar surface area (TPSA) is 57.0 Å². The Morgan fingerprint density at radius 1 is 1.30 bits per heavy atom. The molecule has 0 fully saturated rings. The van der Waals surface area contributed by atoms with Crippen LogP contribution in [0.2, 0.25) is 0 Å². The van der Waals surface area contributed by atoms with Crippen molar-refractivity contribution in [1.82, 2.24) is 14.8 Å². The molecule has 1 heterocycles. The molecule has 0 aliphatic heterocycles. The molecule has 0 radical (unpaired) electrons. The van der Waals surface area contributed by atoms with Crippen LogP contribution in [0.15, 0.2) is 24.3 Å². The maximum Gasteiger partial charge on any atom is 0.377 e. The van der Waals surface area contributed by atoms with Gasteiger partial charge in [-0.3, -0.25) is 0 Å². The van der Waals surface area contributed by atoms with Gasteiger partial charge < -0.3 is 4.74 Å². The Kier molecular flexibility index (Phi) is 4.17. The van der Waals surface area contributed by atoms with Crippen LogP contribution in [-0.2, 0) is 8.53 Å². The predicted molar refractivity (Wildman–Crippen MR) is 71.9 cm³/mol. The molecule has 20 heavy (non-hydrogen) atoms. The minimum atomic E-state index is -1.91. The highest BCUT2D eigenvalue weighted by Crippen LogP contribution is 2.37. The summed E-state index contributed by atoms with van der Waals surface area (Å²) in [7, 11) is 1.18. The Bertz CT molecular complexity index is 637. The van der Waals surface area contributed by atoms with Gasteiger partial charge in [0.2, 0.25) is 3.79 Å². The van der Waals surface area contributed by atoms with Gasteiger partial charge in [-0.25, -0.2) is 18.9 Å². The van der Waals surface area contributed by atoms with E-state index in [1.807, 2.05) is 0 Å². The second-order valence-electron chi connectivity index (χ2n) is 3.64. The number of halogens is 4. The van der Waals surface area contributed by atoms with E-state index < -0.39 is 15.6 Å². The van der Waals surface area contributed by atoms with Crippen molar-refractivity contribution in [2.24, 2.45) is 0 Å². The van der Waals surface area contributed by atoms with Crippen molar-refractivity contribution < 1.29 is 13.9 Å². The number of ether oxygens (including phenoxy) is 1. The van der Waals surface area contributed by atoms with Crippen molar-refractivity contribution in [3.63, 3.8) is 0 Å². The van der Waals surface area contributed by atoms with Gasteiger partial charge in [-0.15, -0.1) is 5.10 Å². The van der Waals surface area contributed by atoms with Gasteiger partial charge in [-0.2, -0.15) is 0 Å². The number of hydrogen-bond donors (Lipinski definition) is 0. The average molecular weight is 339 g/mol. The van der Waals surface area contributed by atoms with Crippen molar-refractivity contribution in [2.45, 2.75) is 3.79 Å². The third-order valence-electron chi connectivity index (χ3n) is 2.30. The molecule has 0 amide bonds. The number of aromatic nitrogens is 3. The highest BCUT2D eigenvalue weighted by atomic mass is 35.6. The SMILES string of the molecule is COC(=O)c1nc(C(Cl)(Cl)Cl)n(-c2ccc(F)cc2)n1. The summed E-state index contributed by atoms with van der Waals surface area (Å²) in [6, 6.07) is 5.23. The lowest BCUT2D eigenvalue weighted by Gasteiger charge is -2.11. The van der Waals surface area contributed by atoms with Gasteiger partial charge in [0.05, 0.1) is 12.8 Å². The van der Waals surface area contributed by atoms with Crippen molar-refractivity contribution in [2.75, 3.05) is 7.11 Å². The number of benzene rings is 1. The Hall–Kier alpha value is -1.37. The molecule has 1 aromatic heterocycles. The molecule has 0 saturated heterocycles. The van der Waals surface area contributed by atoms with Gasteiger partial charge in [0, 0.05) is 0 Å². The summed E-state index contributed by atoms with van der Waals surface area (Å²) in [6.07, 6.45) is 0. The van der Waals surface area contributed by atoms with E-state index in [-0.39, 0.29) is 11.6 Å². The highest BCUT2D eigenvalue weighted by Gasteiger charge is 2.33. The molecule has 5 nitrogen and oxygen atoms in total. The fourth-order valence-electron chi connectivity index (χ4n) is 1.44. The Labute approximate surface area is 128 Å². The first-order chi connectivity index (χ1) is 9.32. The molecule has 0 saturated carbocycles. The van der Waals surface area contributed by atoms with E-state index in [2.05, 4.69) is 14.8 Å². The number of carbonyl (C=O) groups excluding carboxylic acids is 1. The summed E-state index contributed by atoms with van der Waals surface area (Å²) < 4.78 is 16.7. The summed E-state index contributed by atoms with van der Waals surface area (Å²) in [4.78, 5) is 15.3.